The summed E-state index contributed by atoms with van der Waals surface area (Å²) in [5, 5.41) is 0. The highest BCUT2D eigenvalue weighted by molar-refractivity contribution is 9.12. The van der Waals surface area contributed by atoms with Crippen molar-refractivity contribution in [3.8, 4) is 0 Å². The van der Waals surface area contributed by atoms with Crippen LogP contribution in [0.5, 0.6) is 0 Å². The van der Waals surface area contributed by atoms with E-state index in [0.29, 0.717) is 10.2 Å². The molecule has 0 aromatic rings. The number of ketones is 1. The van der Waals surface area contributed by atoms with E-state index < -0.39 is 0 Å². The van der Waals surface area contributed by atoms with E-state index in [0.717, 1.165) is 5.57 Å². The van der Waals surface area contributed by atoms with Gasteiger partial charge in [0, 0.05) is 0 Å². The molecular weight excluding hydrogens is 220 g/mol. The molecule has 0 N–H and O–H groups in total. The summed E-state index contributed by atoms with van der Waals surface area (Å²) in [5.74, 6) is 0.264. The Morgan fingerprint density at radius 3 is 2.67 bits per heavy atom. The van der Waals surface area contributed by atoms with Crippen molar-refractivity contribution in [3.05, 3.63) is 34.0 Å². The molecule has 12 heavy (non-hydrogen) atoms. The van der Waals surface area contributed by atoms with E-state index in [1.807, 2.05) is 13.0 Å². The predicted molar refractivity (Wildman–Crippen MR) is 50.9 cm³/mol. The number of ether oxygens (including phenoxy) is 1. The smallest absolute Gasteiger partial charge is 0.234 e. The fourth-order valence-corrected chi connectivity index (χ4v) is 1.37. The first-order valence-electron chi connectivity index (χ1n) is 3.53. The molecule has 3 heteroatoms. The molecule has 0 unspecified atom stereocenters. The van der Waals surface area contributed by atoms with E-state index in [9.17, 15) is 4.79 Å². The second-order valence-electron chi connectivity index (χ2n) is 2.32. The van der Waals surface area contributed by atoms with Gasteiger partial charge in [-0.2, -0.15) is 0 Å². The van der Waals surface area contributed by atoms with Crippen LogP contribution in [0, 0.1) is 0 Å². The van der Waals surface area contributed by atoms with Gasteiger partial charge in [-0.25, -0.2) is 0 Å². The van der Waals surface area contributed by atoms with Crippen LogP contribution in [0.2, 0.25) is 0 Å². The number of hydrogen-bond acceptors (Lipinski definition) is 2. The zero-order valence-corrected chi connectivity index (χ0v) is 8.51. The van der Waals surface area contributed by atoms with Crippen molar-refractivity contribution in [1.82, 2.24) is 0 Å². The summed E-state index contributed by atoms with van der Waals surface area (Å²) >= 11 is 3.17. The largest absolute Gasteiger partial charge is 0.493 e. The molecule has 0 fully saturated rings. The molecule has 0 radical (unpaired) electrons. The van der Waals surface area contributed by atoms with Crippen molar-refractivity contribution >= 4 is 21.7 Å². The summed E-state index contributed by atoms with van der Waals surface area (Å²) in [7, 11) is 1.49. The Bertz CT molecular complexity index is 298. The van der Waals surface area contributed by atoms with Crippen molar-refractivity contribution in [3.63, 3.8) is 0 Å². The first-order valence-corrected chi connectivity index (χ1v) is 4.32. The normalized spacial score (nSPS) is 20.6. The Hall–Kier alpha value is -0.830. The summed E-state index contributed by atoms with van der Waals surface area (Å²) in [6.45, 7) is 1.91. The molecular formula is C9H9BrO2. The molecule has 0 bridgehead atoms. The van der Waals surface area contributed by atoms with E-state index >= 15 is 0 Å². The zero-order chi connectivity index (χ0) is 9.14. The standard InChI is InChI=1S/C9H9BrO2/c1-3-6-4-7(10)9(11)8(5-6)12-2/h3-5H,1-2H3. The van der Waals surface area contributed by atoms with Crippen LogP contribution in [0.15, 0.2) is 34.0 Å². The van der Waals surface area contributed by atoms with E-state index in [4.69, 9.17) is 4.74 Å². The fourth-order valence-electron chi connectivity index (χ4n) is 0.906. The SMILES string of the molecule is CC=C1C=C(Br)C(=O)C(OC)=C1. The number of halogens is 1. The molecule has 1 aliphatic carbocycles. The van der Waals surface area contributed by atoms with Crippen LogP contribution in [0.1, 0.15) is 6.92 Å². The molecule has 0 heterocycles. The van der Waals surface area contributed by atoms with Crippen LogP contribution in [-0.4, -0.2) is 12.9 Å². The number of methoxy groups -OCH3 is 1. The van der Waals surface area contributed by atoms with Crippen LogP contribution >= 0.6 is 15.9 Å². The number of carbonyl (C=O) groups excluding carboxylic acids is 1. The van der Waals surface area contributed by atoms with E-state index in [1.54, 1.807) is 12.2 Å². The Balaban J connectivity index is 3.05. The van der Waals surface area contributed by atoms with Gasteiger partial charge in [0.25, 0.3) is 0 Å². The van der Waals surface area contributed by atoms with Gasteiger partial charge < -0.3 is 4.74 Å². The second kappa shape index (κ2) is 3.72. The number of carbonyl (C=O) groups is 1. The van der Waals surface area contributed by atoms with Crippen LogP contribution in [0.25, 0.3) is 0 Å². The number of rotatable bonds is 1. The van der Waals surface area contributed by atoms with Gasteiger partial charge in [-0.3, -0.25) is 4.79 Å². The molecule has 0 amide bonds. The van der Waals surface area contributed by atoms with Gasteiger partial charge in [0.05, 0.1) is 11.6 Å². The molecule has 0 saturated heterocycles. The van der Waals surface area contributed by atoms with Crippen LogP contribution < -0.4 is 0 Å². The maximum Gasteiger partial charge on any atom is 0.234 e. The molecule has 0 atom stereocenters. The van der Waals surface area contributed by atoms with Crippen molar-refractivity contribution in [1.29, 1.82) is 0 Å². The fraction of sp³-hybridized carbons (Fsp3) is 0.222. The molecule has 1 rings (SSSR count). The first-order chi connectivity index (χ1) is 5.69. The molecule has 0 aliphatic heterocycles. The molecule has 0 aromatic heterocycles. The van der Waals surface area contributed by atoms with E-state index in [-0.39, 0.29) is 5.78 Å². The van der Waals surface area contributed by atoms with Crippen LogP contribution in [0.4, 0.5) is 0 Å². The van der Waals surface area contributed by atoms with Crippen LogP contribution in [0.3, 0.4) is 0 Å². The maximum atomic E-state index is 11.3. The lowest BCUT2D eigenvalue weighted by molar-refractivity contribution is -0.114. The monoisotopic (exact) mass is 228 g/mol. The average molecular weight is 229 g/mol. The quantitative estimate of drug-likeness (QED) is 0.689. The highest BCUT2D eigenvalue weighted by atomic mass is 79.9. The van der Waals surface area contributed by atoms with Gasteiger partial charge in [-0.05, 0) is 40.6 Å². The third-order valence-electron chi connectivity index (χ3n) is 1.59. The third kappa shape index (κ3) is 1.67. The number of allylic oxidation sites excluding steroid dienone is 5. The lowest BCUT2D eigenvalue weighted by Crippen LogP contribution is -2.08. The van der Waals surface area contributed by atoms with E-state index in [1.165, 1.54) is 7.11 Å². The average Bonchev–Trinajstić information content (AvgIpc) is 2.09. The van der Waals surface area contributed by atoms with Crippen molar-refractivity contribution in [2.24, 2.45) is 0 Å². The van der Waals surface area contributed by atoms with Gasteiger partial charge in [0.1, 0.15) is 0 Å². The van der Waals surface area contributed by atoms with Gasteiger partial charge in [-0.1, -0.05) is 6.08 Å². The zero-order valence-electron chi connectivity index (χ0n) is 6.93. The topological polar surface area (TPSA) is 26.3 Å². The van der Waals surface area contributed by atoms with Crippen molar-refractivity contribution in [2.75, 3.05) is 7.11 Å². The summed E-state index contributed by atoms with van der Waals surface area (Å²) in [6, 6.07) is 0. The highest BCUT2D eigenvalue weighted by Gasteiger charge is 2.17. The van der Waals surface area contributed by atoms with Gasteiger partial charge in [0.15, 0.2) is 5.76 Å². The maximum absolute atomic E-state index is 11.3. The second-order valence-corrected chi connectivity index (χ2v) is 3.18. The molecule has 64 valence electrons. The Labute approximate surface area is 79.7 Å². The van der Waals surface area contributed by atoms with Crippen molar-refractivity contribution < 1.29 is 9.53 Å². The van der Waals surface area contributed by atoms with Gasteiger partial charge in [-0.15, -0.1) is 0 Å². The summed E-state index contributed by atoms with van der Waals surface area (Å²) in [5.41, 5.74) is 0.971. The Morgan fingerprint density at radius 1 is 1.50 bits per heavy atom. The first kappa shape index (κ1) is 9.26. The lowest BCUT2D eigenvalue weighted by Gasteiger charge is -2.09. The Morgan fingerprint density at radius 2 is 2.17 bits per heavy atom. The Kier molecular flexibility index (Phi) is 2.87. The molecule has 0 aromatic carbocycles. The minimum atomic E-state index is -0.108. The predicted octanol–water partition coefficient (Wildman–Crippen LogP) is 2.32. The lowest BCUT2D eigenvalue weighted by atomic mass is 10.1. The van der Waals surface area contributed by atoms with E-state index in [2.05, 4.69) is 15.9 Å². The van der Waals surface area contributed by atoms with Gasteiger partial charge >= 0.3 is 0 Å². The van der Waals surface area contributed by atoms with Crippen molar-refractivity contribution in [2.45, 2.75) is 6.92 Å². The van der Waals surface area contributed by atoms with Gasteiger partial charge in [0.2, 0.25) is 5.78 Å². The van der Waals surface area contributed by atoms with Crippen LogP contribution in [-0.2, 0) is 9.53 Å². The minimum absolute atomic E-state index is 0.108. The minimum Gasteiger partial charge on any atom is -0.493 e. The molecule has 0 saturated carbocycles. The summed E-state index contributed by atoms with van der Waals surface area (Å²) < 4.78 is 5.44. The molecule has 1 aliphatic rings. The summed E-state index contributed by atoms with van der Waals surface area (Å²) in [4.78, 5) is 11.3. The summed E-state index contributed by atoms with van der Waals surface area (Å²) in [6.07, 6.45) is 5.39. The number of hydrogen-bond donors (Lipinski definition) is 0. The number of Topliss-reactive ketones (excluding diaryl/α,β-unsaturated/α-hetero) is 1. The highest BCUT2D eigenvalue weighted by Crippen LogP contribution is 2.22. The third-order valence-corrected chi connectivity index (χ3v) is 2.17. The molecule has 2 nitrogen and oxygen atoms in total. The molecule has 0 spiro atoms.